The second kappa shape index (κ2) is 5.89. The number of aromatic nitrogens is 2. The summed E-state index contributed by atoms with van der Waals surface area (Å²) >= 11 is 0. The van der Waals surface area contributed by atoms with Gasteiger partial charge in [0.2, 0.25) is 0 Å². The normalized spacial score (nSPS) is 17.7. The molecule has 1 aromatic rings. The summed E-state index contributed by atoms with van der Waals surface area (Å²) in [4.78, 5) is 19.3. The number of rotatable bonds is 4. The third-order valence-electron chi connectivity index (χ3n) is 3.46. The Morgan fingerprint density at radius 2 is 2.28 bits per heavy atom. The van der Waals surface area contributed by atoms with Crippen LogP contribution in [-0.4, -0.2) is 22.0 Å². The molecule has 2 amide bonds. The van der Waals surface area contributed by atoms with E-state index in [1.807, 2.05) is 13.8 Å². The Morgan fingerprint density at radius 3 is 2.83 bits per heavy atom. The molecule has 1 fully saturated rings. The molecule has 100 valence electrons. The fourth-order valence-corrected chi connectivity index (χ4v) is 2.43. The van der Waals surface area contributed by atoms with Gasteiger partial charge in [-0.3, -0.25) is 0 Å². The minimum atomic E-state index is -0.0807. The van der Waals surface area contributed by atoms with Crippen LogP contribution in [-0.2, 0) is 0 Å². The Hall–Kier alpha value is -1.52. The molecule has 18 heavy (non-hydrogen) atoms. The van der Waals surface area contributed by atoms with Gasteiger partial charge in [-0.2, -0.15) is 0 Å². The first-order valence-electron chi connectivity index (χ1n) is 6.77. The predicted molar refractivity (Wildman–Crippen MR) is 70.3 cm³/mol. The molecule has 5 heteroatoms. The second-order valence-electron chi connectivity index (χ2n) is 5.01. The van der Waals surface area contributed by atoms with Crippen LogP contribution in [0.25, 0.3) is 0 Å². The van der Waals surface area contributed by atoms with Gasteiger partial charge in [-0.15, -0.1) is 0 Å². The number of carbonyl (C=O) groups is 1. The van der Waals surface area contributed by atoms with Gasteiger partial charge in [0.05, 0.1) is 6.04 Å². The van der Waals surface area contributed by atoms with E-state index < -0.39 is 0 Å². The van der Waals surface area contributed by atoms with Gasteiger partial charge in [0.1, 0.15) is 5.82 Å². The molecule has 1 aromatic heterocycles. The molecule has 1 aliphatic carbocycles. The monoisotopic (exact) mass is 250 g/mol. The first kappa shape index (κ1) is 12.9. The number of urea groups is 1. The Bertz CT molecular complexity index is 395. The fraction of sp³-hybridized carbons (Fsp3) is 0.692. The molecule has 5 nitrogen and oxygen atoms in total. The molecule has 0 unspecified atom stereocenters. The Morgan fingerprint density at radius 1 is 1.56 bits per heavy atom. The summed E-state index contributed by atoms with van der Waals surface area (Å²) in [5.74, 6) is 0.830. The van der Waals surface area contributed by atoms with Crippen molar-refractivity contribution < 1.29 is 4.79 Å². The van der Waals surface area contributed by atoms with Crippen molar-refractivity contribution in [1.82, 2.24) is 20.6 Å². The van der Waals surface area contributed by atoms with Crippen molar-refractivity contribution in [2.45, 2.75) is 58.0 Å². The second-order valence-corrected chi connectivity index (χ2v) is 5.01. The Balaban J connectivity index is 1.87. The first-order valence-corrected chi connectivity index (χ1v) is 6.77. The quantitative estimate of drug-likeness (QED) is 0.768. The zero-order valence-corrected chi connectivity index (χ0v) is 11.1. The Labute approximate surface area is 108 Å². The third kappa shape index (κ3) is 3.24. The molecule has 1 heterocycles. The van der Waals surface area contributed by atoms with Gasteiger partial charge in [0, 0.05) is 17.9 Å². The molecule has 0 bridgehead atoms. The standard InChI is InChI=1S/C13H22N4O/c1-3-11(12-14-8-9(2)15-12)17-13(18)16-10-6-4-5-7-10/h8,10-11H,3-7H2,1-2H3,(H,14,15)(H2,16,17,18)/t11-/m1/s1. The molecule has 2 rings (SSSR count). The smallest absolute Gasteiger partial charge is 0.315 e. The Kier molecular flexibility index (Phi) is 4.23. The molecule has 0 saturated heterocycles. The first-order chi connectivity index (χ1) is 8.69. The van der Waals surface area contributed by atoms with Crippen LogP contribution in [0.2, 0.25) is 0 Å². The average Bonchev–Trinajstić information content (AvgIpc) is 2.97. The van der Waals surface area contributed by atoms with Gasteiger partial charge >= 0.3 is 6.03 Å². The van der Waals surface area contributed by atoms with Crippen LogP contribution >= 0.6 is 0 Å². The van der Waals surface area contributed by atoms with Gasteiger partial charge in [-0.05, 0) is 26.2 Å². The minimum absolute atomic E-state index is 0.0416. The fourth-order valence-electron chi connectivity index (χ4n) is 2.43. The van der Waals surface area contributed by atoms with E-state index in [1.54, 1.807) is 6.20 Å². The van der Waals surface area contributed by atoms with Crippen molar-refractivity contribution in [3.05, 3.63) is 17.7 Å². The van der Waals surface area contributed by atoms with Gasteiger partial charge < -0.3 is 15.6 Å². The third-order valence-corrected chi connectivity index (χ3v) is 3.46. The van der Waals surface area contributed by atoms with Gasteiger partial charge in [-0.1, -0.05) is 19.8 Å². The molecular weight excluding hydrogens is 228 g/mol. The largest absolute Gasteiger partial charge is 0.344 e. The van der Waals surface area contributed by atoms with Crippen LogP contribution in [0.5, 0.6) is 0 Å². The summed E-state index contributed by atoms with van der Waals surface area (Å²) in [7, 11) is 0. The van der Waals surface area contributed by atoms with Crippen LogP contribution in [0.15, 0.2) is 6.20 Å². The van der Waals surface area contributed by atoms with E-state index in [2.05, 4.69) is 20.6 Å². The van der Waals surface area contributed by atoms with Crippen LogP contribution in [0.3, 0.4) is 0 Å². The van der Waals surface area contributed by atoms with Crippen LogP contribution < -0.4 is 10.6 Å². The van der Waals surface area contributed by atoms with Crippen molar-refractivity contribution in [2.75, 3.05) is 0 Å². The lowest BCUT2D eigenvalue weighted by Crippen LogP contribution is -2.42. The molecular formula is C13H22N4O. The van der Waals surface area contributed by atoms with E-state index in [1.165, 1.54) is 12.8 Å². The highest BCUT2D eigenvalue weighted by molar-refractivity contribution is 5.74. The topological polar surface area (TPSA) is 69.8 Å². The lowest BCUT2D eigenvalue weighted by Gasteiger charge is -2.18. The molecule has 1 aliphatic rings. The summed E-state index contributed by atoms with van der Waals surface area (Å²) in [6.07, 6.45) is 7.26. The number of aryl methyl sites for hydroxylation is 1. The van der Waals surface area contributed by atoms with E-state index in [0.717, 1.165) is 30.8 Å². The number of carbonyl (C=O) groups excluding carboxylic acids is 1. The minimum Gasteiger partial charge on any atom is -0.344 e. The maximum atomic E-state index is 11.9. The number of aromatic amines is 1. The summed E-state index contributed by atoms with van der Waals surface area (Å²) in [5.41, 5.74) is 1.02. The number of amides is 2. The molecule has 1 atom stereocenters. The van der Waals surface area contributed by atoms with Crippen LogP contribution in [0.4, 0.5) is 4.79 Å². The molecule has 3 N–H and O–H groups in total. The predicted octanol–water partition coefficient (Wildman–Crippen LogP) is 2.41. The van der Waals surface area contributed by atoms with Gasteiger partial charge in [0.25, 0.3) is 0 Å². The molecule has 0 spiro atoms. The molecule has 0 aromatic carbocycles. The number of hydrogen-bond donors (Lipinski definition) is 3. The van der Waals surface area contributed by atoms with Crippen molar-refractivity contribution in [3.63, 3.8) is 0 Å². The summed E-state index contributed by atoms with van der Waals surface area (Å²) in [6.45, 7) is 4.00. The van der Waals surface area contributed by atoms with E-state index in [-0.39, 0.29) is 12.1 Å². The highest BCUT2D eigenvalue weighted by Crippen LogP contribution is 2.18. The van der Waals surface area contributed by atoms with E-state index >= 15 is 0 Å². The maximum Gasteiger partial charge on any atom is 0.315 e. The number of imidazole rings is 1. The van der Waals surface area contributed by atoms with Gasteiger partial charge in [0.15, 0.2) is 0 Å². The van der Waals surface area contributed by atoms with Crippen molar-refractivity contribution >= 4 is 6.03 Å². The summed E-state index contributed by atoms with van der Waals surface area (Å²) < 4.78 is 0. The summed E-state index contributed by atoms with van der Waals surface area (Å²) in [5, 5.41) is 6.01. The number of H-pyrrole nitrogens is 1. The van der Waals surface area contributed by atoms with Crippen LogP contribution in [0, 0.1) is 6.92 Å². The van der Waals surface area contributed by atoms with Crippen molar-refractivity contribution in [2.24, 2.45) is 0 Å². The molecule has 0 radical (unpaired) electrons. The highest BCUT2D eigenvalue weighted by atomic mass is 16.2. The zero-order chi connectivity index (χ0) is 13.0. The summed E-state index contributed by atoms with van der Waals surface area (Å²) in [6, 6.07) is 0.226. The number of hydrogen-bond acceptors (Lipinski definition) is 2. The lowest BCUT2D eigenvalue weighted by molar-refractivity contribution is 0.232. The SMILES string of the molecule is CC[C@@H](NC(=O)NC1CCCC1)c1ncc(C)[nH]1. The van der Waals surface area contributed by atoms with E-state index in [0.29, 0.717) is 6.04 Å². The van der Waals surface area contributed by atoms with Crippen molar-refractivity contribution in [3.8, 4) is 0 Å². The molecule has 1 saturated carbocycles. The number of nitrogens with one attached hydrogen (secondary N) is 3. The highest BCUT2D eigenvalue weighted by Gasteiger charge is 2.20. The zero-order valence-electron chi connectivity index (χ0n) is 11.1. The van der Waals surface area contributed by atoms with E-state index in [9.17, 15) is 4.79 Å². The lowest BCUT2D eigenvalue weighted by atomic mass is 10.2. The van der Waals surface area contributed by atoms with E-state index in [4.69, 9.17) is 0 Å². The molecule has 0 aliphatic heterocycles. The average molecular weight is 250 g/mol. The number of nitrogens with zero attached hydrogens (tertiary/aromatic N) is 1. The maximum absolute atomic E-state index is 11.9. The van der Waals surface area contributed by atoms with Crippen LogP contribution in [0.1, 0.15) is 56.6 Å². The van der Waals surface area contributed by atoms with Crippen molar-refractivity contribution in [1.29, 1.82) is 0 Å². The van der Waals surface area contributed by atoms with Gasteiger partial charge in [-0.25, -0.2) is 9.78 Å².